The maximum Gasteiger partial charge on any atom is 0.249 e. The van der Waals surface area contributed by atoms with Crippen molar-refractivity contribution in [3.8, 4) is 5.75 Å². The summed E-state index contributed by atoms with van der Waals surface area (Å²) in [6, 6.07) is -10.4. The molecular weight excluding hydrogens is 1110 g/mol. The van der Waals surface area contributed by atoms with Crippen LogP contribution in [-0.4, -0.2) is 165 Å². The van der Waals surface area contributed by atoms with Crippen LogP contribution in [0.1, 0.15) is 135 Å². The van der Waals surface area contributed by atoms with Crippen LogP contribution in [0.3, 0.4) is 0 Å². The molecule has 1 aromatic carbocycles. The molecule has 2 aliphatic heterocycles. The van der Waals surface area contributed by atoms with Crippen LogP contribution in [0.4, 0.5) is 0 Å². The fourth-order valence-electron chi connectivity index (χ4n) is 9.54. The smallest absolute Gasteiger partial charge is 0.249 e. The van der Waals surface area contributed by atoms with Crippen LogP contribution in [0.5, 0.6) is 5.75 Å². The molecule has 20 N–H and O–H groups in total. The molecule has 0 radical (unpaired) electrons. The van der Waals surface area contributed by atoms with E-state index >= 15 is 0 Å². The molecule has 2 aliphatic rings. The van der Waals surface area contributed by atoms with Gasteiger partial charge in [0.15, 0.2) is 0 Å². The summed E-state index contributed by atoms with van der Waals surface area (Å²) in [5.74, 6) is -15.6. The summed E-state index contributed by atoms with van der Waals surface area (Å²) in [6.45, 7) is 3.03. The van der Waals surface area contributed by atoms with Gasteiger partial charge in [0.25, 0.3) is 0 Å². The van der Waals surface area contributed by atoms with Gasteiger partial charge in [0.05, 0.1) is 32.3 Å². The number of unbranched alkanes of at least 4 members (excludes halogenated alkanes) is 7. The Morgan fingerprint density at radius 2 is 1.01 bits per heavy atom. The van der Waals surface area contributed by atoms with Crippen LogP contribution < -0.4 is 71.2 Å². The van der Waals surface area contributed by atoms with Gasteiger partial charge in [-0.2, -0.15) is 0 Å². The molecule has 3 rings (SSSR count). The normalized spacial score (nSPS) is 24.2. The van der Waals surface area contributed by atoms with Crippen molar-refractivity contribution in [2.24, 2.45) is 34.6 Å². The third kappa shape index (κ3) is 25.8. The number of primary amides is 5. The first-order valence-corrected chi connectivity index (χ1v) is 28.4. The maximum absolute atomic E-state index is 14.5. The molecule has 14 amide bonds. The second kappa shape index (κ2) is 36.1. The molecule has 470 valence electrons. The number of phenolic OH excluding ortho intramolecular Hbond substituents is 1. The van der Waals surface area contributed by atoms with Gasteiger partial charge in [0.1, 0.15) is 54.1 Å². The van der Waals surface area contributed by atoms with Gasteiger partial charge in [-0.05, 0) is 49.0 Å². The molecule has 10 atom stereocenters. The number of nitrogens with two attached hydrogens (primary N) is 5. The number of rotatable bonds is 25. The summed E-state index contributed by atoms with van der Waals surface area (Å²) >= 11 is 0. The standard InChI is InChI=1S/C55H84N14O16/c1-3-30(2)13-10-8-6-4-5-7-9-11-14-32-24-47(77)62-36(25-43(57)73)50(80)63-34(20-21-42(56)72)55(85)69-22-12-15-41(69)54(84)67-35(23-31-16-18-33(71)19-17-31)49(79)64-38(27-45(59)75)51(81)65-39(28-46(60)76)52(82)68-40(29-70)53(83)66-37(26-44(58)74)48(78)61-32/h16-21,30,32,34-41,70-71H,3-15,22-29H2,1-2H3,(H2,56,72)(H2,57,73)(H2,58,74)(H2,59,75)(H2,60,76)(H,61,78)(H,62,77)(H,63,80)(H,64,79)(H,65,81)(H,66,83)(H,67,84)(H,68,82)/t30?,32?,34-,35+,36-,37-,38+,39+,40+,41-/m0/s1. The second-order valence-electron chi connectivity index (χ2n) is 21.4. The molecule has 85 heavy (non-hydrogen) atoms. The Labute approximate surface area is 491 Å². The first-order valence-electron chi connectivity index (χ1n) is 28.4. The first kappa shape index (κ1) is 70.6. The molecule has 30 nitrogen and oxygen atoms in total. The highest BCUT2D eigenvalue weighted by molar-refractivity contribution is 6.01. The second-order valence-corrected chi connectivity index (χ2v) is 21.4. The molecule has 1 aromatic rings. The Balaban J connectivity index is 2.15. The van der Waals surface area contributed by atoms with E-state index in [9.17, 15) is 77.3 Å². The lowest BCUT2D eigenvalue weighted by Gasteiger charge is -2.30. The van der Waals surface area contributed by atoms with E-state index in [1.807, 2.05) is 0 Å². The van der Waals surface area contributed by atoms with E-state index in [2.05, 4.69) is 56.4 Å². The quantitative estimate of drug-likeness (QED) is 0.0325. The molecule has 0 saturated carbocycles. The number of carbonyl (C=O) groups is 14. The third-order valence-electron chi connectivity index (χ3n) is 14.3. The lowest BCUT2D eigenvalue weighted by Crippen LogP contribution is -2.61. The van der Waals surface area contributed by atoms with Gasteiger partial charge in [0.2, 0.25) is 82.7 Å². The molecule has 0 bridgehead atoms. The number of aliphatic hydroxyl groups is 1. The number of hydrogen-bond acceptors (Lipinski definition) is 16. The summed E-state index contributed by atoms with van der Waals surface area (Å²) < 4.78 is 0. The highest BCUT2D eigenvalue weighted by Crippen LogP contribution is 2.21. The lowest BCUT2D eigenvalue weighted by molar-refractivity contribution is -0.141. The van der Waals surface area contributed by atoms with Gasteiger partial charge in [-0.3, -0.25) is 67.1 Å². The van der Waals surface area contributed by atoms with E-state index in [1.54, 1.807) is 0 Å². The Morgan fingerprint density at radius 3 is 1.51 bits per heavy atom. The molecule has 2 heterocycles. The van der Waals surface area contributed by atoms with Gasteiger partial charge in [-0.25, -0.2) is 0 Å². The van der Waals surface area contributed by atoms with Gasteiger partial charge >= 0.3 is 0 Å². The number of hydrogen-bond donors (Lipinski definition) is 15. The highest BCUT2D eigenvalue weighted by Gasteiger charge is 2.41. The minimum Gasteiger partial charge on any atom is -0.508 e. The SMILES string of the molecule is CCC(C)CCCCCCCCCCC1CC(=O)N[C@@H](CC(N)=O)C(=O)N[C@@H](C=CC(N)=O)C(=O)N2CCC[C@H]2C(=O)N[C@H](Cc2ccc(O)cc2)C(=O)N[C@H](CC(N)=O)C(=O)N[C@H](CC(N)=O)C(=O)N[C@H](CO)C(=O)N[C@@H](CC(N)=O)C(=O)N1. The van der Waals surface area contributed by atoms with Gasteiger partial charge in [-0.1, -0.05) is 90.2 Å². The third-order valence-corrected chi connectivity index (χ3v) is 14.3. The number of carbonyl (C=O) groups excluding carboxylic acids is 14. The zero-order valence-electron chi connectivity index (χ0n) is 48.0. The largest absolute Gasteiger partial charge is 0.508 e. The van der Waals surface area contributed by atoms with Crippen molar-refractivity contribution in [2.75, 3.05) is 13.2 Å². The van der Waals surface area contributed by atoms with E-state index in [0.717, 1.165) is 68.4 Å². The zero-order chi connectivity index (χ0) is 63.3. The van der Waals surface area contributed by atoms with E-state index in [-0.39, 0.29) is 38.0 Å². The van der Waals surface area contributed by atoms with Crippen LogP contribution in [-0.2, 0) is 73.5 Å². The Kier molecular flexibility index (Phi) is 30.0. The van der Waals surface area contributed by atoms with E-state index in [4.69, 9.17) is 28.7 Å². The molecular formula is C55H84N14O16. The fraction of sp³-hybridized carbons (Fsp3) is 0.600. The van der Waals surface area contributed by atoms with Crippen molar-refractivity contribution >= 4 is 82.7 Å². The average molecular weight is 1200 g/mol. The van der Waals surface area contributed by atoms with Crippen LogP contribution in [0.2, 0.25) is 0 Å². The predicted octanol–water partition coefficient (Wildman–Crippen LogP) is -4.31. The number of amides is 14. The number of aromatic hydroxyl groups is 1. The van der Waals surface area contributed by atoms with Crippen molar-refractivity contribution in [1.29, 1.82) is 0 Å². The van der Waals surface area contributed by atoms with Crippen molar-refractivity contribution in [2.45, 2.75) is 190 Å². The number of aliphatic hydroxyl groups excluding tert-OH is 1. The molecule has 0 aliphatic carbocycles. The summed E-state index contributed by atoms with van der Waals surface area (Å²) in [6.07, 6.45) is 6.45. The molecule has 2 unspecified atom stereocenters. The summed E-state index contributed by atoms with van der Waals surface area (Å²) in [5, 5.41) is 39.0. The number of benzene rings is 1. The molecule has 0 spiro atoms. The Hall–Kier alpha value is -8.70. The Morgan fingerprint density at radius 1 is 0.576 bits per heavy atom. The van der Waals surface area contributed by atoms with Crippen molar-refractivity contribution in [3.05, 3.63) is 42.0 Å². The van der Waals surface area contributed by atoms with Crippen molar-refractivity contribution < 1.29 is 77.3 Å². The van der Waals surface area contributed by atoms with Gasteiger partial charge < -0.3 is 86.3 Å². The number of nitrogens with zero attached hydrogens (tertiary/aromatic N) is 1. The van der Waals surface area contributed by atoms with Crippen LogP contribution >= 0.6 is 0 Å². The molecule has 30 heteroatoms. The average Bonchev–Trinajstić information content (AvgIpc) is 4.17. The van der Waals surface area contributed by atoms with E-state index in [1.165, 1.54) is 24.3 Å². The van der Waals surface area contributed by atoms with Crippen molar-refractivity contribution in [3.63, 3.8) is 0 Å². The molecule has 2 saturated heterocycles. The fourth-order valence-corrected chi connectivity index (χ4v) is 9.54. The summed E-state index contributed by atoms with van der Waals surface area (Å²) in [4.78, 5) is 189. The minimum atomic E-state index is -2.01. The molecule has 0 aromatic heterocycles. The lowest BCUT2D eigenvalue weighted by atomic mass is 9.99. The number of nitrogens with one attached hydrogen (secondary N) is 8. The number of phenols is 1. The summed E-state index contributed by atoms with van der Waals surface area (Å²) in [7, 11) is 0. The van der Waals surface area contributed by atoms with Crippen molar-refractivity contribution in [1.82, 2.24) is 47.4 Å². The zero-order valence-corrected chi connectivity index (χ0v) is 48.0. The predicted molar refractivity (Wildman–Crippen MR) is 303 cm³/mol. The maximum atomic E-state index is 14.5. The van der Waals surface area contributed by atoms with Crippen LogP contribution in [0, 0.1) is 5.92 Å². The topological polar surface area (TPSA) is 509 Å². The first-order chi connectivity index (χ1) is 40.2. The molecule has 2 fully saturated rings. The monoisotopic (exact) mass is 1200 g/mol. The highest BCUT2D eigenvalue weighted by atomic mass is 16.3. The Bertz CT molecular complexity index is 2580. The number of fused-ring (bicyclic) bond motifs is 1. The van der Waals surface area contributed by atoms with E-state index < -0.39 is 176 Å². The van der Waals surface area contributed by atoms with E-state index in [0.29, 0.717) is 24.3 Å². The van der Waals surface area contributed by atoms with Crippen LogP contribution in [0.25, 0.3) is 0 Å². The van der Waals surface area contributed by atoms with Gasteiger partial charge in [0, 0.05) is 31.5 Å². The van der Waals surface area contributed by atoms with Gasteiger partial charge in [-0.15, -0.1) is 0 Å². The summed E-state index contributed by atoms with van der Waals surface area (Å²) in [5.41, 5.74) is 27.6. The van der Waals surface area contributed by atoms with Crippen LogP contribution in [0.15, 0.2) is 36.4 Å². The minimum absolute atomic E-state index is 0.0416.